The Balaban J connectivity index is 2.07. The lowest BCUT2D eigenvalue weighted by atomic mass is 9.93. The molecule has 1 fully saturated rings. The summed E-state index contributed by atoms with van der Waals surface area (Å²) in [5.74, 6) is 1.35. The summed E-state index contributed by atoms with van der Waals surface area (Å²) in [6, 6.07) is 5.22. The molecule has 1 aliphatic heterocycles. The highest BCUT2D eigenvalue weighted by atomic mass is 32.2. The molecule has 1 aromatic carbocycles. The molecular formula is C17H24N4O3S. The monoisotopic (exact) mass is 364 g/mol. The third-order valence-corrected chi connectivity index (χ3v) is 4.89. The Labute approximate surface area is 152 Å². The van der Waals surface area contributed by atoms with Gasteiger partial charge in [0.15, 0.2) is 11.5 Å². The van der Waals surface area contributed by atoms with Gasteiger partial charge in [0.2, 0.25) is 0 Å². The van der Waals surface area contributed by atoms with Crippen LogP contribution in [0.3, 0.4) is 0 Å². The van der Waals surface area contributed by atoms with Crippen molar-refractivity contribution in [3.63, 3.8) is 0 Å². The van der Waals surface area contributed by atoms with Crippen LogP contribution >= 0.6 is 12.1 Å². The lowest BCUT2D eigenvalue weighted by Gasteiger charge is -2.32. The van der Waals surface area contributed by atoms with Gasteiger partial charge in [0.05, 0.1) is 25.3 Å². The highest BCUT2D eigenvalue weighted by molar-refractivity contribution is 7.95. The first-order valence-corrected chi connectivity index (χ1v) is 9.06. The minimum atomic E-state index is -0.133. The van der Waals surface area contributed by atoms with Crippen molar-refractivity contribution in [2.75, 3.05) is 33.9 Å². The Morgan fingerprint density at radius 3 is 2.56 bits per heavy atom. The normalized spacial score (nSPS) is 14.9. The summed E-state index contributed by atoms with van der Waals surface area (Å²) in [4.78, 5) is 14.7. The average molecular weight is 364 g/mol. The number of amides is 1. The van der Waals surface area contributed by atoms with Gasteiger partial charge in [-0.25, -0.2) is 0 Å². The lowest BCUT2D eigenvalue weighted by Crippen LogP contribution is -2.39. The van der Waals surface area contributed by atoms with Crippen molar-refractivity contribution in [1.29, 1.82) is 5.26 Å². The highest BCUT2D eigenvalue weighted by Gasteiger charge is 2.26. The molecule has 3 N–H and O–H groups in total. The molecule has 0 unspecified atom stereocenters. The fourth-order valence-corrected chi connectivity index (χ4v) is 3.30. The molecule has 0 aliphatic carbocycles. The molecule has 25 heavy (non-hydrogen) atoms. The Kier molecular flexibility index (Phi) is 7.37. The van der Waals surface area contributed by atoms with Gasteiger partial charge in [-0.1, -0.05) is 0 Å². The molecule has 1 aliphatic rings. The van der Waals surface area contributed by atoms with Crippen molar-refractivity contribution >= 4 is 18.0 Å². The van der Waals surface area contributed by atoms with E-state index in [0.717, 1.165) is 37.9 Å². The largest absolute Gasteiger partial charge is 0.493 e. The zero-order valence-corrected chi connectivity index (χ0v) is 15.4. The number of likely N-dealkylation sites (tertiary alicyclic amines) is 1. The smallest absolute Gasteiger partial charge is 0.255 e. The molecule has 1 saturated heterocycles. The summed E-state index contributed by atoms with van der Waals surface area (Å²) < 4.78 is 13.5. The number of piperidine rings is 1. The maximum absolute atomic E-state index is 12.9. The molecule has 0 atom stereocenters. The van der Waals surface area contributed by atoms with E-state index in [0.29, 0.717) is 41.6 Å². The Morgan fingerprint density at radius 2 is 2.00 bits per heavy atom. The van der Waals surface area contributed by atoms with Gasteiger partial charge in [-0.2, -0.15) is 5.26 Å². The van der Waals surface area contributed by atoms with Crippen LogP contribution in [-0.2, 0) is 0 Å². The third kappa shape index (κ3) is 4.78. The molecule has 8 heteroatoms. The standard InChI is InChI=1S/C17H24N4O3S/c1-23-15-9-13(11-18)14(10-16(15)24-2)17(22)21-7-4-12(5-8-21)3-6-20-25-19/h9-10,12,20H,3-8,19H2,1-2H3. The number of carbonyl (C=O) groups is 1. The summed E-state index contributed by atoms with van der Waals surface area (Å²) in [6.45, 7) is 2.25. The molecule has 0 spiro atoms. The fraction of sp³-hybridized carbons (Fsp3) is 0.529. The average Bonchev–Trinajstić information content (AvgIpc) is 2.67. The molecule has 2 rings (SSSR count). The first-order chi connectivity index (χ1) is 12.1. The summed E-state index contributed by atoms with van der Waals surface area (Å²) >= 11 is 1.14. The quantitative estimate of drug-likeness (QED) is 0.563. The molecule has 1 aromatic rings. The van der Waals surface area contributed by atoms with Gasteiger partial charge in [0.1, 0.15) is 6.07 Å². The molecule has 0 saturated carbocycles. The number of rotatable bonds is 7. The van der Waals surface area contributed by atoms with Crippen molar-refractivity contribution < 1.29 is 14.3 Å². The number of nitrogens with one attached hydrogen (secondary N) is 1. The van der Waals surface area contributed by atoms with E-state index < -0.39 is 0 Å². The summed E-state index contributed by atoms with van der Waals surface area (Å²) in [5, 5.41) is 14.7. The number of hydrogen-bond acceptors (Lipinski definition) is 7. The molecule has 7 nitrogen and oxygen atoms in total. The first kappa shape index (κ1) is 19.4. The van der Waals surface area contributed by atoms with Crippen LogP contribution < -0.4 is 19.3 Å². The van der Waals surface area contributed by atoms with Gasteiger partial charge < -0.3 is 14.4 Å². The highest BCUT2D eigenvalue weighted by Crippen LogP contribution is 2.31. The minimum absolute atomic E-state index is 0.133. The second-order valence-corrected chi connectivity index (χ2v) is 6.43. The predicted octanol–water partition coefficient (Wildman–Crippen LogP) is 1.93. The van der Waals surface area contributed by atoms with Crippen LogP contribution in [-0.4, -0.2) is 44.7 Å². The van der Waals surface area contributed by atoms with Crippen molar-refractivity contribution in [2.45, 2.75) is 19.3 Å². The van der Waals surface area contributed by atoms with Gasteiger partial charge in [-0.15, -0.1) is 0 Å². The second-order valence-electron chi connectivity index (χ2n) is 5.90. The van der Waals surface area contributed by atoms with Crippen LogP contribution in [0.2, 0.25) is 0 Å². The molecular weight excluding hydrogens is 340 g/mol. The van der Waals surface area contributed by atoms with Gasteiger partial charge >= 0.3 is 0 Å². The van der Waals surface area contributed by atoms with Crippen LogP contribution in [0.15, 0.2) is 12.1 Å². The zero-order chi connectivity index (χ0) is 18.2. The number of nitriles is 1. The maximum atomic E-state index is 12.9. The molecule has 136 valence electrons. The van der Waals surface area contributed by atoms with Crippen LogP contribution in [0.25, 0.3) is 0 Å². The van der Waals surface area contributed by atoms with Crippen molar-refractivity contribution in [2.24, 2.45) is 11.1 Å². The molecule has 0 aromatic heterocycles. The summed E-state index contributed by atoms with van der Waals surface area (Å²) in [7, 11) is 3.01. The number of methoxy groups -OCH3 is 2. The topological polar surface area (TPSA) is 101 Å². The second kappa shape index (κ2) is 9.51. The van der Waals surface area contributed by atoms with E-state index in [2.05, 4.69) is 10.8 Å². The predicted molar refractivity (Wildman–Crippen MR) is 97.3 cm³/mol. The van der Waals surface area contributed by atoms with E-state index in [9.17, 15) is 10.1 Å². The number of nitrogens with zero attached hydrogens (tertiary/aromatic N) is 2. The number of nitrogens with two attached hydrogens (primary N) is 1. The Bertz CT molecular complexity index is 640. The summed E-state index contributed by atoms with van der Waals surface area (Å²) in [5.41, 5.74) is 0.661. The van der Waals surface area contributed by atoms with Gasteiger partial charge in [0.25, 0.3) is 5.91 Å². The minimum Gasteiger partial charge on any atom is -0.493 e. The van der Waals surface area contributed by atoms with Gasteiger partial charge in [0, 0.05) is 37.8 Å². The van der Waals surface area contributed by atoms with Crippen LogP contribution in [0.5, 0.6) is 11.5 Å². The van der Waals surface area contributed by atoms with E-state index in [1.807, 2.05) is 4.90 Å². The maximum Gasteiger partial charge on any atom is 0.255 e. The zero-order valence-electron chi connectivity index (χ0n) is 14.6. The van der Waals surface area contributed by atoms with Crippen molar-refractivity contribution in [1.82, 2.24) is 9.62 Å². The number of benzene rings is 1. The number of hydrogen-bond donors (Lipinski definition) is 2. The van der Waals surface area contributed by atoms with E-state index in [4.69, 9.17) is 14.6 Å². The van der Waals surface area contributed by atoms with E-state index in [1.165, 1.54) is 14.2 Å². The van der Waals surface area contributed by atoms with Crippen LogP contribution in [0, 0.1) is 17.2 Å². The molecule has 0 radical (unpaired) electrons. The molecule has 0 bridgehead atoms. The number of carbonyl (C=O) groups excluding carboxylic acids is 1. The van der Waals surface area contributed by atoms with E-state index in [-0.39, 0.29) is 5.91 Å². The van der Waals surface area contributed by atoms with Crippen molar-refractivity contribution in [3.05, 3.63) is 23.3 Å². The SMILES string of the molecule is COc1cc(C#N)c(C(=O)N2CCC(CCNSN)CC2)cc1OC. The number of ether oxygens (including phenoxy) is 2. The Hall–Kier alpha value is -1.95. The third-order valence-electron chi connectivity index (χ3n) is 4.51. The van der Waals surface area contributed by atoms with Gasteiger partial charge in [-0.05, 0) is 31.2 Å². The van der Waals surface area contributed by atoms with Crippen LogP contribution in [0.1, 0.15) is 35.2 Å². The van der Waals surface area contributed by atoms with E-state index >= 15 is 0 Å². The van der Waals surface area contributed by atoms with Gasteiger partial charge in [-0.3, -0.25) is 14.7 Å². The lowest BCUT2D eigenvalue weighted by molar-refractivity contribution is 0.0687. The first-order valence-electron chi connectivity index (χ1n) is 8.18. The molecule has 1 amide bonds. The molecule has 1 heterocycles. The Morgan fingerprint density at radius 1 is 1.36 bits per heavy atom. The van der Waals surface area contributed by atoms with E-state index in [1.54, 1.807) is 12.1 Å². The summed E-state index contributed by atoms with van der Waals surface area (Å²) in [6.07, 6.45) is 2.96. The van der Waals surface area contributed by atoms with Crippen LogP contribution in [0.4, 0.5) is 0 Å². The van der Waals surface area contributed by atoms with Crippen molar-refractivity contribution in [3.8, 4) is 17.6 Å². The fourth-order valence-electron chi connectivity index (χ4n) is 3.07.